The second-order valence-electron chi connectivity index (χ2n) is 5.52. The van der Waals surface area contributed by atoms with Crippen LogP contribution in [0.1, 0.15) is 37.3 Å². The van der Waals surface area contributed by atoms with Gasteiger partial charge in [-0.25, -0.2) is 0 Å². The molecule has 0 bridgehead atoms. The molecular weight excluding hydrogens is 278 g/mol. The number of likely N-dealkylation sites (tertiary alicyclic amines) is 1. The SMILES string of the molecule is O=C(O)C1CCC(=O)N(C2CC2)C1c1cccc(Cl)c1. The Kier molecular flexibility index (Phi) is 3.42. The highest BCUT2D eigenvalue weighted by molar-refractivity contribution is 6.30. The number of benzene rings is 1. The van der Waals surface area contributed by atoms with Gasteiger partial charge >= 0.3 is 5.97 Å². The molecule has 1 heterocycles. The summed E-state index contributed by atoms with van der Waals surface area (Å²) in [4.78, 5) is 25.5. The van der Waals surface area contributed by atoms with E-state index in [-0.39, 0.29) is 18.0 Å². The Balaban J connectivity index is 2.02. The number of carbonyl (C=O) groups is 2. The number of carboxylic acid groups (broad SMARTS) is 1. The number of carbonyl (C=O) groups excluding carboxylic acids is 1. The van der Waals surface area contributed by atoms with Crippen molar-refractivity contribution in [1.29, 1.82) is 0 Å². The molecule has 0 aromatic heterocycles. The minimum atomic E-state index is -0.840. The molecule has 20 heavy (non-hydrogen) atoms. The van der Waals surface area contributed by atoms with Gasteiger partial charge in [0.1, 0.15) is 0 Å². The molecule has 2 unspecified atom stereocenters. The predicted molar refractivity (Wildman–Crippen MR) is 74.4 cm³/mol. The average molecular weight is 294 g/mol. The largest absolute Gasteiger partial charge is 0.481 e. The normalized spacial score (nSPS) is 26.6. The van der Waals surface area contributed by atoms with Crippen LogP contribution in [0.4, 0.5) is 0 Å². The van der Waals surface area contributed by atoms with Crippen LogP contribution in [-0.2, 0) is 9.59 Å². The van der Waals surface area contributed by atoms with Crippen LogP contribution in [0.15, 0.2) is 24.3 Å². The summed E-state index contributed by atoms with van der Waals surface area (Å²) < 4.78 is 0. The van der Waals surface area contributed by atoms with E-state index in [9.17, 15) is 14.7 Å². The first-order valence-electron chi connectivity index (χ1n) is 6.87. The molecule has 1 saturated heterocycles. The lowest BCUT2D eigenvalue weighted by molar-refractivity contribution is -0.152. The van der Waals surface area contributed by atoms with Crippen molar-refractivity contribution in [3.8, 4) is 0 Å². The Morgan fingerprint density at radius 3 is 2.65 bits per heavy atom. The number of aliphatic carboxylic acids is 1. The molecule has 1 aromatic carbocycles. The van der Waals surface area contributed by atoms with E-state index in [2.05, 4.69) is 0 Å². The molecule has 1 amide bonds. The Morgan fingerprint density at radius 2 is 2.05 bits per heavy atom. The maximum absolute atomic E-state index is 12.2. The maximum Gasteiger partial charge on any atom is 0.308 e. The van der Waals surface area contributed by atoms with Gasteiger partial charge in [0, 0.05) is 17.5 Å². The van der Waals surface area contributed by atoms with Crippen molar-refractivity contribution in [2.75, 3.05) is 0 Å². The molecule has 4 nitrogen and oxygen atoms in total. The van der Waals surface area contributed by atoms with E-state index in [1.165, 1.54) is 0 Å². The monoisotopic (exact) mass is 293 g/mol. The van der Waals surface area contributed by atoms with Crippen molar-refractivity contribution < 1.29 is 14.7 Å². The summed E-state index contributed by atoms with van der Waals surface area (Å²) in [6, 6.07) is 7.01. The van der Waals surface area contributed by atoms with Crippen molar-refractivity contribution >= 4 is 23.5 Å². The molecule has 1 aliphatic carbocycles. The van der Waals surface area contributed by atoms with Gasteiger partial charge < -0.3 is 10.0 Å². The number of hydrogen-bond acceptors (Lipinski definition) is 2. The zero-order chi connectivity index (χ0) is 14.3. The summed E-state index contributed by atoms with van der Waals surface area (Å²) in [5, 5.41) is 10.0. The summed E-state index contributed by atoms with van der Waals surface area (Å²) in [6.07, 6.45) is 2.66. The molecule has 106 valence electrons. The first kappa shape index (κ1) is 13.4. The van der Waals surface area contributed by atoms with Gasteiger partial charge in [-0.15, -0.1) is 0 Å². The lowest BCUT2D eigenvalue weighted by Crippen LogP contribution is -2.46. The Morgan fingerprint density at radius 1 is 1.30 bits per heavy atom. The number of amides is 1. The van der Waals surface area contributed by atoms with Crippen LogP contribution in [-0.4, -0.2) is 27.9 Å². The molecule has 2 aliphatic rings. The first-order valence-corrected chi connectivity index (χ1v) is 7.25. The summed E-state index contributed by atoms with van der Waals surface area (Å²) in [5.41, 5.74) is 0.824. The predicted octanol–water partition coefficient (Wildman–Crippen LogP) is 2.87. The minimum Gasteiger partial charge on any atom is -0.481 e. The number of hydrogen-bond donors (Lipinski definition) is 1. The van der Waals surface area contributed by atoms with Crippen LogP contribution in [0, 0.1) is 5.92 Å². The zero-order valence-electron chi connectivity index (χ0n) is 11.0. The van der Waals surface area contributed by atoms with Crippen molar-refractivity contribution in [1.82, 2.24) is 4.90 Å². The number of nitrogens with zero attached hydrogens (tertiary/aromatic N) is 1. The van der Waals surface area contributed by atoms with E-state index in [0.29, 0.717) is 17.9 Å². The summed E-state index contributed by atoms with van der Waals surface area (Å²) >= 11 is 6.02. The highest BCUT2D eigenvalue weighted by atomic mass is 35.5. The second-order valence-corrected chi connectivity index (χ2v) is 5.95. The van der Waals surface area contributed by atoms with E-state index >= 15 is 0 Å². The Bertz CT molecular complexity index is 556. The van der Waals surface area contributed by atoms with E-state index < -0.39 is 11.9 Å². The highest BCUT2D eigenvalue weighted by Gasteiger charge is 2.46. The van der Waals surface area contributed by atoms with E-state index in [1.54, 1.807) is 23.1 Å². The number of halogens is 1. The fourth-order valence-corrected chi connectivity index (χ4v) is 3.24. The van der Waals surface area contributed by atoms with Gasteiger partial charge in [-0.1, -0.05) is 23.7 Å². The van der Waals surface area contributed by atoms with E-state index in [4.69, 9.17) is 11.6 Å². The molecular formula is C15H16ClNO3. The third-order valence-corrected chi connectivity index (χ3v) is 4.32. The Hall–Kier alpha value is -1.55. The van der Waals surface area contributed by atoms with Crippen LogP contribution in [0.5, 0.6) is 0 Å². The van der Waals surface area contributed by atoms with Crippen LogP contribution < -0.4 is 0 Å². The summed E-state index contributed by atoms with van der Waals surface area (Å²) in [5.74, 6) is -1.32. The fourth-order valence-electron chi connectivity index (χ4n) is 3.04. The second kappa shape index (κ2) is 5.09. The van der Waals surface area contributed by atoms with E-state index in [0.717, 1.165) is 18.4 Å². The lowest BCUT2D eigenvalue weighted by atomic mass is 9.84. The van der Waals surface area contributed by atoms with Gasteiger partial charge in [-0.05, 0) is 37.0 Å². The third kappa shape index (κ3) is 2.40. The molecule has 5 heteroatoms. The Labute approximate surface area is 122 Å². The minimum absolute atomic E-state index is 0.0648. The first-order chi connectivity index (χ1) is 9.58. The smallest absolute Gasteiger partial charge is 0.308 e. The van der Waals surface area contributed by atoms with Crippen LogP contribution in [0.25, 0.3) is 0 Å². The third-order valence-electron chi connectivity index (χ3n) is 4.09. The van der Waals surface area contributed by atoms with Gasteiger partial charge in [0.15, 0.2) is 0 Å². The summed E-state index contributed by atoms with van der Waals surface area (Å²) in [6.45, 7) is 0. The molecule has 1 aliphatic heterocycles. The number of piperidine rings is 1. The topological polar surface area (TPSA) is 57.6 Å². The number of carboxylic acids is 1. The van der Waals surface area contributed by atoms with Gasteiger partial charge in [0.2, 0.25) is 5.91 Å². The van der Waals surface area contributed by atoms with Gasteiger partial charge in [0.25, 0.3) is 0 Å². The standard InChI is InChI=1S/C15H16ClNO3/c16-10-3-1-2-9(8-10)14-12(15(19)20)6-7-13(18)17(14)11-4-5-11/h1-3,8,11-12,14H,4-7H2,(H,19,20). The average Bonchev–Trinajstić information content (AvgIpc) is 3.22. The van der Waals surface area contributed by atoms with Crippen LogP contribution in [0.2, 0.25) is 5.02 Å². The zero-order valence-corrected chi connectivity index (χ0v) is 11.7. The quantitative estimate of drug-likeness (QED) is 0.932. The molecule has 1 saturated carbocycles. The fraction of sp³-hybridized carbons (Fsp3) is 0.467. The summed E-state index contributed by atoms with van der Waals surface area (Å²) in [7, 11) is 0. The molecule has 2 atom stereocenters. The lowest BCUT2D eigenvalue weighted by Gasteiger charge is -2.40. The molecule has 1 aromatic rings. The number of rotatable bonds is 3. The van der Waals surface area contributed by atoms with Crippen LogP contribution in [0.3, 0.4) is 0 Å². The maximum atomic E-state index is 12.2. The van der Waals surface area contributed by atoms with Gasteiger partial charge in [-0.2, -0.15) is 0 Å². The molecule has 0 spiro atoms. The highest BCUT2D eigenvalue weighted by Crippen LogP contribution is 2.43. The van der Waals surface area contributed by atoms with Gasteiger partial charge in [0.05, 0.1) is 12.0 Å². The van der Waals surface area contributed by atoms with Crippen molar-refractivity contribution in [3.63, 3.8) is 0 Å². The van der Waals surface area contributed by atoms with Crippen molar-refractivity contribution in [2.24, 2.45) is 5.92 Å². The van der Waals surface area contributed by atoms with Gasteiger partial charge in [-0.3, -0.25) is 9.59 Å². The van der Waals surface area contributed by atoms with Crippen LogP contribution >= 0.6 is 11.6 Å². The molecule has 2 fully saturated rings. The molecule has 1 N–H and O–H groups in total. The van der Waals surface area contributed by atoms with Crippen molar-refractivity contribution in [2.45, 2.75) is 37.8 Å². The molecule has 0 radical (unpaired) electrons. The van der Waals surface area contributed by atoms with E-state index in [1.807, 2.05) is 6.07 Å². The van der Waals surface area contributed by atoms with Crippen molar-refractivity contribution in [3.05, 3.63) is 34.9 Å². The molecule has 3 rings (SSSR count).